The van der Waals surface area contributed by atoms with Crippen LogP contribution in [0, 0.1) is 0 Å². The molecule has 2 aromatic rings. The Kier molecular flexibility index (Phi) is 5.17. The molecule has 0 saturated heterocycles. The van der Waals surface area contributed by atoms with Gasteiger partial charge in [0, 0.05) is 10.0 Å². The molecule has 2 amide bonds. The van der Waals surface area contributed by atoms with Crippen molar-refractivity contribution < 1.29 is 9.53 Å². The van der Waals surface area contributed by atoms with Crippen LogP contribution in [0.1, 0.15) is 0 Å². The van der Waals surface area contributed by atoms with Crippen LogP contribution in [0.3, 0.4) is 0 Å². The summed E-state index contributed by atoms with van der Waals surface area (Å²) in [5.74, 6) is 0.497. The highest BCUT2D eigenvalue weighted by Gasteiger charge is 2.10. The number of carbonyl (C=O) groups excluding carboxylic acids is 1. The molecule has 2 aromatic carbocycles. The van der Waals surface area contributed by atoms with Gasteiger partial charge in [-0.1, -0.05) is 34.8 Å². The first-order valence-electron chi connectivity index (χ1n) is 5.86. The molecule has 0 unspecified atom stereocenters. The van der Waals surface area contributed by atoms with Crippen molar-refractivity contribution in [3.63, 3.8) is 0 Å². The van der Waals surface area contributed by atoms with Crippen LogP contribution in [-0.2, 0) is 0 Å². The quantitative estimate of drug-likeness (QED) is 0.793. The number of hydrogen-bond acceptors (Lipinski definition) is 2. The third-order valence-corrected chi connectivity index (χ3v) is 3.37. The summed E-state index contributed by atoms with van der Waals surface area (Å²) < 4.78 is 5.15. The number of nitrogens with one attached hydrogen (secondary N) is 2. The third-order valence-electron chi connectivity index (χ3n) is 2.59. The van der Waals surface area contributed by atoms with Gasteiger partial charge in [-0.05, 0) is 36.4 Å². The van der Waals surface area contributed by atoms with Gasteiger partial charge in [-0.3, -0.25) is 0 Å². The molecule has 0 fully saturated rings. The van der Waals surface area contributed by atoms with E-state index in [2.05, 4.69) is 10.6 Å². The normalized spacial score (nSPS) is 10.1. The molecule has 0 atom stereocenters. The Morgan fingerprint density at radius 3 is 2.24 bits per heavy atom. The van der Waals surface area contributed by atoms with E-state index in [0.29, 0.717) is 32.2 Å². The van der Waals surface area contributed by atoms with Gasteiger partial charge in [0.2, 0.25) is 0 Å². The summed E-state index contributed by atoms with van der Waals surface area (Å²) in [6.07, 6.45) is 0. The minimum atomic E-state index is -0.472. The lowest BCUT2D eigenvalue weighted by atomic mass is 10.3. The van der Waals surface area contributed by atoms with E-state index in [1.165, 1.54) is 7.11 Å². The first kappa shape index (κ1) is 15.8. The van der Waals surface area contributed by atoms with Crippen molar-refractivity contribution in [2.75, 3.05) is 17.7 Å². The zero-order chi connectivity index (χ0) is 15.4. The third kappa shape index (κ3) is 4.17. The van der Waals surface area contributed by atoms with Crippen LogP contribution in [0.15, 0.2) is 36.4 Å². The number of methoxy groups -OCH3 is 1. The molecule has 0 aromatic heterocycles. The second kappa shape index (κ2) is 6.89. The Bertz CT molecular complexity index is 677. The smallest absolute Gasteiger partial charge is 0.323 e. The number of carbonyl (C=O) groups is 1. The molecule has 2 N–H and O–H groups in total. The molecule has 21 heavy (non-hydrogen) atoms. The van der Waals surface area contributed by atoms with Gasteiger partial charge < -0.3 is 15.4 Å². The Morgan fingerprint density at radius 2 is 1.57 bits per heavy atom. The number of benzene rings is 2. The van der Waals surface area contributed by atoms with Gasteiger partial charge in [0.1, 0.15) is 5.75 Å². The molecule has 4 nitrogen and oxygen atoms in total. The lowest BCUT2D eigenvalue weighted by molar-refractivity contribution is 0.262. The molecule has 0 aliphatic carbocycles. The maximum Gasteiger partial charge on any atom is 0.323 e. The summed E-state index contributed by atoms with van der Waals surface area (Å²) in [6, 6.07) is 9.22. The zero-order valence-corrected chi connectivity index (χ0v) is 13.2. The summed E-state index contributed by atoms with van der Waals surface area (Å²) in [6.45, 7) is 0. The van der Waals surface area contributed by atoms with Crippen LogP contribution >= 0.6 is 34.8 Å². The highest BCUT2D eigenvalue weighted by atomic mass is 35.5. The first-order valence-corrected chi connectivity index (χ1v) is 6.99. The molecule has 0 radical (unpaired) electrons. The fourth-order valence-corrected chi connectivity index (χ4v) is 2.27. The van der Waals surface area contributed by atoms with Gasteiger partial charge in [0.05, 0.1) is 23.5 Å². The van der Waals surface area contributed by atoms with Crippen LogP contribution in [0.5, 0.6) is 5.75 Å². The molecule has 110 valence electrons. The van der Waals surface area contributed by atoms with E-state index >= 15 is 0 Å². The van der Waals surface area contributed by atoms with Crippen LogP contribution in [0.25, 0.3) is 0 Å². The Balaban J connectivity index is 2.13. The number of ether oxygens (including phenoxy) is 1. The van der Waals surface area contributed by atoms with Gasteiger partial charge in [0.25, 0.3) is 0 Å². The van der Waals surface area contributed by atoms with E-state index in [4.69, 9.17) is 39.5 Å². The summed E-state index contributed by atoms with van der Waals surface area (Å²) in [7, 11) is 1.50. The minimum absolute atomic E-state index is 0.343. The number of halogens is 3. The Hall–Kier alpha value is -1.62. The van der Waals surface area contributed by atoms with Crippen molar-refractivity contribution in [2.45, 2.75) is 0 Å². The molecular formula is C14H11Cl3N2O2. The Morgan fingerprint density at radius 1 is 0.952 bits per heavy atom. The number of rotatable bonds is 3. The van der Waals surface area contributed by atoms with Crippen molar-refractivity contribution in [3.8, 4) is 5.75 Å². The van der Waals surface area contributed by atoms with Gasteiger partial charge in [-0.2, -0.15) is 0 Å². The van der Waals surface area contributed by atoms with E-state index in [0.717, 1.165) is 0 Å². The maximum atomic E-state index is 12.0. The van der Waals surface area contributed by atoms with Crippen LogP contribution in [0.4, 0.5) is 16.2 Å². The van der Waals surface area contributed by atoms with Crippen molar-refractivity contribution >= 4 is 52.2 Å². The number of amides is 2. The van der Waals surface area contributed by atoms with E-state index in [1.807, 2.05) is 0 Å². The molecule has 2 rings (SSSR count). The average Bonchev–Trinajstić information content (AvgIpc) is 2.42. The summed E-state index contributed by atoms with van der Waals surface area (Å²) in [4.78, 5) is 12.0. The number of anilines is 2. The molecule has 7 heteroatoms. The minimum Gasteiger partial charge on any atom is -0.495 e. The fraction of sp³-hybridized carbons (Fsp3) is 0.0714. The molecule has 0 heterocycles. The molecule has 0 saturated carbocycles. The number of urea groups is 1. The van der Waals surface area contributed by atoms with E-state index in [9.17, 15) is 4.79 Å². The van der Waals surface area contributed by atoms with Crippen LogP contribution in [0.2, 0.25) is 15.1 Å². The van der Waals surface area contributed by atoms with Gasteiger partial charge >= 0.3 is 6.03 Å². The van der Waals surface area contributed by atoms with Crippen molar-refractivity contribution in [2.24, 2.45) is 0 Å². The molecule has 0 aliphatic rings. The Labute approximate surface area is 137 Å². The van der Waals surface area contributed by atoms with Crippen molar-refractivity contribution in [3.05, 3.63) is 51.5 Å². The average molecular weight is 346 g/mol. The lowest BCUT2D eigenvalue weighted by Gasteiger charge is -2.12. The molecule has 0 aliphatic heterocycles. The number of hydrogen-bond donors (Lipinski definition) is 2. The van der Waals surface area contributed by atoms with Gasteiger partial charge in [-0.25, -0.2) is 4.79 Å². The van der Waals surface area contributed by atoms with Crippen LogP contribution < -0.4 is 15.4 Å². The highest BCUT2D eigenvalue weighted by Crippen LogP contribution is 2.29. The largest absolute Gasteiger partial charge is 0.495 e. The van der Waals surface area contributed by atoms with Gasteiger partial charge in [0.15, 0.2) is 0 Å². The molecule has 0 spiro atoms. The predicted molar refractivity (Wildman–Crippen MR) is 87.1 cm³/mol. The zero-order valence-electron chi connectivity index (χ0n) is 10.9. The summed E-state index contributed by atoms with van der Waals surface area (Å²) in [5, 5.41) is 6.57. The summed E-state index contributed by atoms with van der Waals surface area (Å²) in [5.41, 5.74) is 0.896. The molecular weight excluding hydrogens is 335 g/mol. The van der Waals surface area contributed by atoms with E-state index < -0.39 is 6.03 Å². The topological polar surface area (TPSA) is 50.4 Å². The second-order valence-electron chi connectivity index (χ2n) is 4.05. The van der Waals surface area contributed by atoms with Crippen molar-refractivity contribution in [1.82, 2.24) is 0 Å². The monoisotopic (exact) mass is 344 g/mol. The SMILES string of the molecule is COc1ccc(Cl)cc1NC(=O)Nc1ccc(Cl)cc1Cl. The first-order chi connectivity index (χ1) is 9.99. The lowest BCUT2D eigenvalue weighted by Crippen LogP contribution is -2.20. The predicted octanol–water partition coefficient (Wildman–Crippen LogP) is 5.30. The molecule has 0 bridgehead atoms. The summed E-state index contributed by atoms with van der Waals surface area (Å²) >= 11 is 17.7. The van der Waals surface area contributed by atoms with Crippen LogP contribution in [-0.4, -0.2) is 13.1 Å². The van der Waals surface area contributed by atoms with Gasteiger partial charge in [-0.15, -0.1) is 0 Å². The van der Waals surface area contributed by atoms with Crippen molar-refractivity contribution in [1.29, 1.82) is 0 Å². The van der Waals surface area contributed by atoms with E-state index in [-0.39, 0.29) is 0 Å². The second-order valence-corrected chi connectivity index (χ2v) is 5.33. The fourth-order valence-electron chi connectivity index (χ4n) is 1.64. The highest BCUT2D eigenvalue weighted by molar-refractivity contribution is 6.36. The maximum absolute atomic E-state index is 12.0. The van der Waals surface area contributed by atoms with E-state index in [1.54, 1.807) is 36.4 Å². The standard InChI is InChI=1S/C14H11Cl3N2O2/c1-21-13-5-3-9(16)7-12(13)19-14(20)18-11-4-2-8(15)6-10(11)17/h2-7H,1H3,(H2,18,19,20).